The molecule has 0 spiro atoms. The number of aromatic carboxylic acids is 1. The zero-order valence-corrected chi connectivity index (χ0v) is 17.0. The van der Waals surface area contributed by atoms with Crippen LogP contribution in [0.5, 0.6) is 0 Å². The number of nitrogens with zero attached hydrogens (tertiary/aromatic N) is 3. The van der Waals surface area contributed by atoms with E-state index in [4.69, 9.17) is 0 Å². The maximum Gasteiger partial charge on any atom is 0.357 e. The predicted octanol–water partition coefficient (Wildman–Crippen LogP) is 2.57. The van der Waals surface area contributed by atoms with Crippen molar-refractivity contribution in [3.8, 4) is 0 Å². The SMILES string of the molecule is C[C@H]1CCc2c(sc3nc(Cn4nc(C(=O)O)c5ccccc5c4=O)[nH]c(=O)c23)C1. The van der Waals surface area contributed by atoms with Crippen LogP contribution in [0.2, 0.25) is 0 Å². The largest absolute Gasteiger partial charge is 0.476 e. The Morgan fingerprint density at radius 3 is 2.83 bits per heavy atom. The topological polar surface area (TPSA) is 118 Å². The Hall–Kier alpha value is -3.33. The quantitative estimate of drug-likeness (QED) is 0.524. The first-order valence-corrected chi connectivity index (χ1v) is 10.5. The van der Waals surface area contributed by atoms with E-state index in [1.165, 1.54) is 16.2 Å². The zero-order valence-electron chi connectivity index (χ0n) is 16.1. The molecule has 4 aromatic rings. The molecule has 1 aromatic carbocycles. The van der Waals surface area contributed by atoms with Crippen LogP contribution in [0.3, 0.4) is 0 Å². The van der Waals surface area contributed by atoms with Gasteiger partial charge >= 0.3 is 5.97 Å². The van der Waals surface area contributed by atoms with Crippen LogP contribution in [0.15, 0.2) is 33.9 Å². The Morgan fingerprint density at radius 1 is 1.30 bits per heavy atom. The van der Waals surface area contributed by atoms with E-state index in [2.05, 4.69) is 22.0 Å². The molecule has 0 radical (unpaired) electrons. The van der Waals surface area contributed by atoms with Crippen molar-refractivity contribution in [1.82, 2.24) is 19.7 Å². The number of hydrogen-bond donors (Lipinski definition) is 2. The van der Waals surface area contributed by atoms with Gasteiger partial charge in [0.25, 0.3) is 11.1 Å². The highest BCUT2D eigenvalue weighted by molar-refractivity contribution is 7.18. The van der Waals surface area contributed by atoms with E-state index in [1.807, 2.05) is 0 Å². The number of H-pyrrole nitrogens is 1. The maximum atomic E-state index is 12.8. The first-order valence-electron chi connectivity index (χ1n) is 9.69. The lowest BCUT2D eigenvalue weighted by atomic mass is 9.89. The number of nitrogens with one attached hydrogen (secondary N) is 1. The third kappa shape index (κ3) is 2.93. The summed E-state index contributed by atoms with van der Waals surface area (Å²) < 4.78 is 1.05. The summed E-state index contributed by atoms with van der Waals surface area (Å²) in [5, 5.41) is 14.7. The van der Waals surface area contributed by atoms with Gasteiger partial charge in [-0.15, -0.1) is 11.3 Å². The molecule has 0 aliphatic heterocycles. The Bertz CT molecular complexity index is 1450. The van der Waals surface area contributed by atoms with Gasteiger partial charge in [-0.2, -0.15) is 5.10 Å². The van der Waals surface area contributed by atoms with Gasteiger partial charge in [-0.05, 0) is 36.8 Å². The van der Waals surface area contributed by atoms with Crippen LogP contribution in [0.1, 0.15) is 40.1 Å². The zero-order chi connectivity index (χ0) is 21.0. The summed E-state index contributed by atoms with van der Waals surface area (Å²) in [6.45, 7) is 2.09. The van der Waals surface area contributed by atoms with Crippen molar-refractivity contribution in [2.45, 2.75) is 32.7 Å². The fraction of sp³-hybridized carbons (Fsp3) is 0.286. The number of carboxylic acid groups (broad SMARTS) is 1. The predicted molar refractivity (Wildman–Crippen MR) is 113 cm³/mol. The number of aryl methyl sites for hydroxylation is 1. The molecule has 0 saturated heterocycles. The number of aromatic amines is 1. The van der Waals surface area contributed by atoms with Crippen molar-refractivity contribution in [2.75, 3.05) is 0 Å². The minimum atomic E-state index is -1.23. The number of aromatic nitrogens is 4. The van der Waals surface area contributed by atoms with Crippen LogP contribution >= 0.6 is 11.3 Å². The Labute approximate surface area is 173 Å². The van der Waals surface area contributed by atoms with Crippen LogP contribution < -0.4 is 11.1 Å². The molecule has 0 fully saturated rings. The molecule has 1 aliphatic carbocycles. The van der Waals surface area contributed by atoms with Crippen LogP contribution in [-0.4, -0.2) is 30.8 Å². The second kappa shape index (κ2) is 6.88. The van der Waals surface area contributed by atoms with E-state index in [1.54, 1.807) is 24.3 Å². The molecule has 0 unspecified atom stereocenters. The maximum absolute atomic E-state index is 12.8. The third-order valence-electron chi connectivity index (χ3n) is 5.58. The van der Waals surface area contributed by atoms with Crippen LogP contribution in [0.25, 0.3) is 21.0 Å². The van der Waals surface area contributed by atoms with E-state index < -0.39 is 11.5 Å². The lowest BCUT2D eigenvalue weighted by Gasteiger charge is -2.17. The molecule has 5 rings (SSSR count). The second-order valence-corrected chi connectivity index (χ2v) is 8.79. The fourth-order valence-corrected chi connectivity index (χ4v) is 5.51. The molecule has 1 atom stereocenters. The van der Waals surface area contributed by atoms with Gasteiger partial charge < -0.3 is 10.1 Å². The Morgan fingerprint density at radius 2 is 2.07 bits per heavy atom. The molecule has 30 heavy (non-hydrogen) atoms. The van der Waals surface area contributed by atoms with Crippen molar-refractivity contribution in [1.29, 1.82) is 0 Å². The summed E-state index contributed by atoms with van der Waals surface area (Å²) in [5.41, 5.74) is 0.212. The highest BCUT2D eigenvalue weighted by Crippen LogP contribution is 2.35. The van der Waals surface area contributed by atoms with Gasteiger partial charge in [0.15, 0.2) is 5.69 Å². The van der Waals surface area contributed by atoms with Crippen molar-refractivity contribution < 1.29 is 9.90 Å². The van der Waals surface area contributed by atoms with Crippen LogP contribution in [0, 0.1) is 5.92 Å². The molecule has 3 heterocycles. The molecule has 3 aromatic heterocycles. The number of hydrogen-bond acceptors (Lipinski definition) is 6. The highest BCUT2D eigenvalue weighted by atomic mass is 32.1. The summed E-state index contributed by atoms with van der Waals surface area (Å²) in [6, 6.07) is 6.45. The normalized spacial score (nSPS) is 16.1. The van der Waals surface area contributed by atoms with E-state index in [-0.39, 0.29) is 34.4 Å². The van der Waals surface area contributed by atoms with E-state index >= 15 is 0 Å². The molecule has 8 nitrogen and oxygen atoms in total. The highest BCUT2D eigenvalue weighted by Gasteiger charge is 2.23. The summed E-state index contributed by atoms with van der Waals surface area (Å²) >= 11 is 1.52. The number of thiophene rings is 1. The smallest absolute Gasteiger partial charge is 0.357 e. The molecule has 2 N–H and O–H groups in total. The second-order valence-electron chi connectivity index (χ2n) is 7.71. The molecule has 1 aliphatic rings. The number of carbonyl (C=O) groups is 1. The molecular formula is C21H18N4O4S. The Balaban J connectivity index is 1.64. The minimum absolute atomic E-state index is 0.117. The van der Waals surface area contributed by atoms with Crippen molar-refractivity contribution in [3.05, 3.63) is 66.9 Å². The fourth-order valence-electron chi connectivity index (χ4n) is 4.11. The van der Waals surface area contributed by atoms with Gasteiger partial charge in [0.2, 0.25) is 0 Å². The van der Waals surface area contributed by atoms with Gasteiger partial charge in [-0.1, -0.05) is 25.1 Å². The average Bonchev–Trinajstić information content (AvgIpc) is 3.07. The molecule has 0 amide bonds. The summed E-state index contributed by atoms with van der Waals surface area (Å²) in [4.78, 5) is 46.5. The number of benzene rings is 1. The monoisotopic (exact) mass is 422 g/mol. The van der Waals surface area contributed by atoms with Gasteiger partial charge in [0.1, 0.15) is 17.2 Å². The molecule has 9 heteroatoms. The van der Waals surface area contributed by atoms with Gasteiger partial charge in [-0.3, -0.25) is 9.59 Å². The standard InChI is InChI=1S/C21H18N4O4S/c1-10-6-7-13-14(8-10)30-19-16(13)18(26)22-15(23-19)9-25-20(27)12-5-3-2-4-11(12)17(24-25)21(28)29/h2-5,10H,6-9H2,1H3,(H,28,29)(H,22,23,26)/t10-/m0/s1. The number of fused-ring (bicyclic) bond motifs is 4. The average molecular weight is 422 g/mol. The summed E-state index contributed by atoms with van der Waals surface area (Å²) in [7, 11) is 0. The molecule has 152 valence electrons. The number of carboxylic acids is 1. The van der Waals surface area contributed by atoms with E-state index in [0.717, 1.165) is 29.5 Å². The van der Waals surface area contributed by atoms with Gasteiger partial charge in [0.05, 0.1) is 10.8 Å². The Kier molecular flexibility index (Phi) is 4.28. The number of rotatable bonds is 3. The van der Waals surface area contributed by atoms with E-state index in [9.17, 15) is 19.5 Å². The van der Waals surface area contributed by atoms with Crippen molar-refractivity contribution in [3.63, 3.8) is 0 Å². The molecule has 0 bridgehead atoms. The minimum Gasteiger partial charge on any atom is -0.476 e. The van der Waals surface area contributed by atoms with E-state index in [0.29, 0.717) is 16.1 Å². The van der Waals surface area contributed by atoms with Crippen LogP contribution in [-0.2, 0) is 19.4 Å². The lowest BCUT2D eigenvalue weighted by molar-refractivity contribution is 0.0690. The third-order valence-corrected chi connectivity index (χ3v) is 6.73. The van der Waals surface area contributed by atoms with Crippen molar-refractivity contribution >= 4 is 38.3 Å². The molecular weight excluding hydrogens is 404 g/mol. The summed E-state index contributed by atoms with van der Waals surface area (Å²) in [6.07, 6.45) is 2.86. The van der Waals surface area contributed by atoms with Crippen molar-refractivity contribution in [2.24, 2.45) is 5.92 Å². The first kappa shape index (κ1) is 18.7. The first-order chi connectivity index (χ1) is 14.4. The van der Waals surface area contributed by atoms with Gasteiger partial charge in [0, 0.05) is 10.3 Å². The lowest BCUT2D eigenvalue weighted by Crippen LogP contribution is -2.28. The summed E-state index contributed by atoms with van der Waals surface area (Å²) in [5.74, 6) is -0.365. The van der Waals surface area contributed by atoms with Crippen LogP contribution in [0.4, 0.5) is 0 Å². The van der Waals surface area contributed by atoms with Gasteiger partial charge in [-0.25, -0.2) is 14.5 Å². The molecule has 0 saturated carbocycles.